The summed E-state index contributed by atoms with van der Waals surface area (Å²) in [6.07, 6.45) is 0. The minimum atomic E-state index is -3.22. The third-order valence-corrected chi connectivity index (χ3v) is 3.96. The lowest BCUT2D eigenvalue weighted by Gasteiger charge is -2.08. The van der Waals surface area contributed by atoms with E-state index in [1.54, 1.807) is 44.4 Å². The largest absolute Gasteiger partial charge is 0.359 e. The Morgan fingerprint density at radius 1 is 1.29 bits per heavy atom. The van der Waals surface area contributed by atoms with Crippen LogP contribution in [0.4, 0.5) is 0 Å². The molecule has 0 fully saturated rings. The fourth-order valence-corrected chi connectivity index (χ4v) is 2.51. The molecule has 0 saturated heterocycles. The standard InChI is InChI=1S/C11H17N3O2S/c1-12-11(13-2)14-8-9-17(15,16)10-6-4-3-5-7-10/h3-7H,8-9H2,1-2H3,(H2,12,13,14). The maximum Gasteiger partial charge on any atom is 0.190 e. The molecule has 0 radical (unpaired) electrons. The Balaban J connectivity index is 2.58. The van der Waals surface area contributed by atoms with Crippen LogP contribution in [0, 0.1) is 0 Å². The molecule has 1 aromatic carbocycles. The van der Waals surface area contributed by atoms with Crippen molar-refractivity contribution in [3.63, 3.8) is 0 Å². The molecule has 6 heteroatoms. The highest BCUT2D eigenvalue weighted by Gasteiger charge is 2.13. The predicted molar refractivity (Wildman–Crippen MR) is 68.9 cm³/mol. The summed E-state index contributed by atoms with van der Waals surface area (Å²) in [6, 6.07) is 8.42. The summed E-state index contributed by atoms with van der Waals surface area (Å²) >= 11 is 0. The minimum Gasteiger partial charge on any atom is -0.359 e. The first-order valence-corrected chi connectivity index (χ1v) is 6.91. The molecule has 0 aliphatic heterocycles. The summed E-state index contributed by atoms with van der Waals surface area (Å²) in [5.74, 6) is 0.616. The maximum absolute atomic E-state index is 11.9. The van der Waals surface area contributed by atoms with Crippen LogP contribution in [-0.2, 0) is 9.84 Å². The van der Waals surface area contributed by atoms with Gasteiger partial charge in [-0.1, -0.05) is 18.2 Å². The second kappa shape index (κ2) is 6.24. The van der Waals surface area contributed by atoms with Crippen molar-refractivity contribution in [2.24, 2.45) is 4.99 Å². The zero-order valence-electron chi connectivity index (χ0n) is 9.97. The molecule has 1 rings (SSSR count). The summed E-state index contributed by atoms with van der Waals surface area (Å²) in [6.45, 7) is 0.324. The Kier molecular flexibility index (Phi) is 4.96. The Labute approximate surface area is 102 Å². The molecule has 0 spiro atoms. The molecule has 1 aromatic rings. The Bertz CT molecular complexity index is 469. The summed E-state index contributed by atoms with van der Waals surface area (Å²) in [4.78, 5) is 4.25. The van der Waals surface area contributed by atoms with Gasteiger partial charge in [0.05, 0.1) is 10.6 Å². The van der Waals surface area contributed by atoms with Crippen molar-refractivity contribution in [1.29, 1.82) is 0 Å². The molecular formula is C11H17N3O2S. The van der Waals surface area contributed by atoms with E-state index in [0.717, 1.165) is 0 Å². The van der Waals surface area contributed by atoms with E-state index in [0.29, 0.717) is 17.4 Å². The lowest BCUT2D eigenvalue weighted by atomic mass is 10.4. The highest BCUT2D eigenvalue weighted by Crippen LogP contribution is 2.08. The molecule has 0 amide bonds. The first-order chi connectivity index (χ1) is 8.10. The van der Waals surface area contributed by atoms with Crippen molar-refractivity contribution in [3.05, 3.63) is 30.3 Å². The van der Waals surface area contributed by atoms with Gasteiger partial charge in [0, 0.05) is 20.6 Å². The monoisotopic (exact) mass is 255 g/mol. The molecule has 0 saturated carbocycles. The molecule has 0 heterocycles. The van der Waals surface area contributed by atoms with Crippen LogP contribution in [0.5, 0.6) is 0 Å². The molecule has 17 heavy (non-hydrogen) atoms. The summed E-state index contributed by atoms with van der Waals surface area (Å²) < 4.78 is 23.8. The van der Waals surface area contributed by atoms with Gasteiger partial charge in [0.25, 0.3) is 0 Å². The number of sulfone groups is 1. The van der Waals surface area contributed by atoms with Gasteiger partial charge in [0.1, 0.15) is 0 Å². The van der Waals surface area contributed by atoms with Crippen LogP contribution in [0.1, 0.15) is 0 Å². The minimum absolute atomic E-state index is 0.0394. The Hall–Kier alpha value is -1.56. The van der Waals surface area contributed by atoms with E-state index in [4.69, 9.17) is 0 Å². The third-order valence-electron chi connectivity index (χ3n) is 2.23. The molecule has 0 aromatic heterocycles. The molecule has 5 nitrogen and oxygen atoms in total. The van der Waals surface area contributed by atoms with Crippen LogP contribution in [0.25, 0.3) is 0 Å². The molecule has 94 valence electrons. The number of guanidine groups is 1. The number of nitrogens with one attached hydrogen (secondary N) is 2. The molecular weight excluding hydrogens is 238 g/mol. The number of nitrogens with zero attached hydrogens (tertiary/aromatic N) is 1. The van der Waals surface area contributed by atoms with Gasteiger partial charge < -0.3 is 10.6 Å². The highest BCUT2D eigenvalue weighted by molar-refractivity contribution is 7.91. The smallest absolute Gasteiger partial charge is 0.190 e. The summed E-state index contributed by atoms with van der Waals surface area (Å²) in [5, 5.41) is 5.73. The number of benzene rings is 1. The maximum atomic E-state index is 11.9. The van der Waals surface area contributed by atoms with Crippen molar-refractivity contribution in [2.75, 3.05) is 26.4 Å². The van der Waals surface area contributed by atoms with E-state index in [1.165, 1.54) is 0 Å². The van der Waals surface area contributed by atoms with E-state index in [1.807, 2.05) is 0 Å². The second-order valence-electron chi connectivity index (χ2n) is 3.38. The van der Waals surface area contributed by atoms with Crippen LogP contribution in [-0.4, -0.2) is 40.8 Å². The molecule has 0 unspecified atom stereocenters. The van der Waals surface area contributed by atoms with Crippen LogP contribution >= 0.6 is 0 Å². The molecule has 0 aliphatic carbocycles. The SMILES string of the molecule is CN=C(NC)NCCS(=O)(=O)c1ccccc1. The van der Waals surface area contributed by atoms with Crippen molar-refractivity contribution in [3.8, 4) is 0 Å². The van der Waals surface area contributed by atoms with E-state index >= 15 is 0 Å². The molecule has 0 bridgehead atoms. The van der Waals surface area contributed by atoms with Gasteiger partial charge in [-0.15, -0.1) is 0 Å². The first-order valence-electron chi connectivity index (χ1n) is 5.26. The Morgan fingerprint density at radius 3 is 2.47 bits per heavy atom. The van der Waals surface area contributed by atoms with E-state index in [2.05, 4.69) is 15.6 Å². The quantitative estimate of drug-likeness (QED) is 0.598. The molecule has 0 atom stereocenters. The molecule has 2 N–H and O–H groups in total. The normalized spacial score (nSPS) is 12.2. The zero-order valence-corrected chi connectivity index (χ0v) is 10.8. The van der Waals surface area contributed by atoms with Gasteiger partial charge in [-0.25, -0.2) is 8.42 Å². The predicted octanol–water partition coefficient (Wildman–Crippen LogP) is 0.255. The van der Waals surface area contributed by atoms with Gasteiger partial charge in [0.2, 0.25) is 0 Å². The number of hydrogen-bond acceptors (Lipinski definition) is 3. The van der Waals surface area contributed by atoms with Crippen LogP contribution in [0.2, 0.25) is 0 Å². The van der Waals surface area contributed by atoms with Crippen molar-refractivity contribution in [2.45, 2.75) is 4.90 Å². The molecule has 0 aliphatic rings. The average Bonchev–Trinajstić information content (AvgIpc) is 2.36. The van der Waals surface area contributed by atoms with Gasteiger partial charge in [-0.3, -0.25) is 4.99 Å². The lowest BCUT2D eigenvalue weighted by Crippen LogP contribution is -2.37. The van der Waals surface area contributed by atoms with Crippen LogP contribution in [0.15, 0.2) is 40.2 Å². The van der Waals surface area contributed by atoms with Crippen molar-refractivity contribution in [1.82, 2.24) is 10.6 Å². The van der Waals surface area contributed by atoms with Crippen LogP contribution < -0.4 is 10.6 Å². The average molecular weight is 255 g/mol. The number of hydrogen-bond donors (Lipinski definition) is 2. The summed E-state index contributed by atoms with van der Waals surface area (Å²) in [5.41, 5.74) is 0. The lowest BCUT2D eigenvalue weighted by molar-refractivity contribution is 0.594. The van der Waals surface area contributed by atoms with Crippen molar-refractivity contribution >= 4 is 15.8 Å². The van der Waals surface area contributed by atoms with E-state index in [-0.39, 0.29) is 5.75 Å². The van der Waals surface area contributed by atoms with Crippen molar-refractivity contribution < 1.29 is 8.42 Å². The number of rotatable bonds is 4. The fourth-order valence-electron chi connectivity index (χ4n) is 1.33. The van der Waals surface area contributed by atoms with Crippen LogP contribution in [0.3, 0.4) is 0 Å². The highest BCUT2D eigenvalue weighted by atomic mass is 32.2. The zero-order chi connectivity index (χ0) is 12.7. The van der Waals surface area contributed by atoms with E-state index < -0.39 is 9.84 Å². The third kappa shape index (κ3) is 4.07. The topological polar surface area (TPSA) is 70.6 Å². The Morgan fingerprint density at radius 2 is 1.94 bits per heavy atom. The number of aliphatic imine (C=N–C) groups is 1. The second-order valence-corrected chi connectivity index (χ2v) is 5.49. The van der Waals surface area contributed by atoms with E-state index in [9.17, 15) is 8.42 Å². The van der Waals surface area contributed by atoms with Gasteiger partial charge in [0.15, 0.2) is 15.8 Å². The van der Waals surface area contributed by atoms with Gasteiger partial charge in [-0.2, -0.15) is 0 Å². The van der Waals surface area contributed by atoms with Gasteiger partial charge in [-0.05, 0) is 12.1 Å². The van der Waals surface area contributed by atoms with Gasteiger partial charge >= 0.3 is 0 Å². The first kappa shape index (κ1) is 13.5. The summed E-state index contributed by atoms with van der Waals surface area (Å²) in [7, 11) is 0.135. The fraction of sp³-hybridized carbons (Fsp3) is 0.364.